The van der Waals surface area contributed by atoms with Crippen LogP contribution in [0.3, 0.4) is 0 Å². The van der Waals surface area contributed by atoms with Gasteiger partial charge in [-0.3, -0.25) is 0 Å². The van der Waals surface area contributed by atoms with Gasteiger partial charge in [0.2, 0.25) is 0 Å². The van der Waals surface area contributed by atoms with Crippen molar-refractivity contribution in [3.05, 3.63) is 29.6 Å². The molecule has 21 heavy (non-hydrogen) atoms. The van der Waals surface area contributed by atoms with Crippen LogP contribution >= 0.6 is 0 Å². The van der Waals surface area contributed by atoms with Crippen LogP contribution in [0.1, 0.15) is 44.1 Å². The Morgan fingerprint density at radius 3 is 2.90 bits per heavy atom. The van der Waals surface area contributed by atoms with Crippen LogP contribution in [-0.4, -0.2) is 25.4 Å². The Morgan fingerprint density at radius 2 is 2.14 bits per heavy atom. The van der Waals surface area contributed by atoms with Crippen molar-refractivity contribution in [2.45, 2.75) is 56.8 Å². The van der Waals surface area contributed by atoms with Crippen LogP contribution in [0.2, 0.25) is 0 Å². The number of hydrogen-bond acceptors (Lipinski definition) is 3. The Balaban J connectivity index is 1.68. The highest BCUT2D eigenvalue weighted by Gasteiger charge is 2.40. The Hall–Kier alpha value is -1.13. The van der Waals surface area contributed by atoms with Gasteiger partial charge in [-0.1, -0.05) is 12.8 Å². The van der Waals surface area contributed by atoms with Crippen LogP contribution in [0.25, 0.3) is 0 Å². The molecule has 1 N–H and O–H groups in total. The molecule has 1 unspecified atom stereocenters. The van der Waals surface area contributed by atoms with E-state index in [9.17, 15) is 4.39 Å². The minimum atomic E-state index is -0.236. The first kappa shape index (κ1) is 14.8. The minimum Gasteiger partial charge on any atom is -0.490 e. The second-order valence-electron chi connectivity index (χ2n) is 6.30. The van der Waals surface area contributed by atoms with Crippen molar-refractivity contribution in [2.75, 3.05) is 13.7 Å². The van der Waals surface area contributed by atoms with E-state index in [0.717, 1.165) is 37.9 Å². The predicted molar refractivity (Wildman–Crippen MR) is 80.0 cm³/mol. The van der Waals surface area contributed by atoms with Gasteiger partial charge < -0.3 is 14.8 Å². The highest BCUT2D eigenvalue weighted by atomic mass is 19.1. The zero-order valence-electron chi connectivity index (χ0n) is 12.7. The van der Waals surface area contributed by atoms with Gasteiger partial charge in [0.25, 0.3) is 0 Å². The number of ether oxygens (including phenoxy) is 2. The second-order valence-corrected chi connectivity index (χ2v) is 6.30. The summed E-state index contributed by atoms with van der Waals surface area (Å²) < 4.78 is 25.7. The van der Waals surface area contributed by atoms with E-state index in [2.05, 4.69) is 5.32 Å². The standard InChI is InChI=1S/C17H24FNO2/c1-19-12-13-8-14(18)10-16(9-13)21-15-4-7-20-17(11-15)5-2-3-6-17/h8-10,15,19H,2-7,11-12H2,1H3. The Bertz CT molecular complexity index is 486. The molecular formula is C17H24FNO2. The smallest absolute Gasteiger partial charge is 0.127 e. The van der Waals surface area contributed by atoms with Crippen molar-refractivity contribution in [1.82, 2.24) is 5.32 Å². The summed E-state index contributed by atoms with van der Waals surface area (Å²) in [5, 5.41) is 3.04. The maximum absolute atomic E-state index is 13.7. The zero-order valence-corrected chi connectivity index (χ0v) is 12.7. The third-order valence-corrected chi connectivity index (χ3v) is 4.58. The van der Waals surface area contributed by atoms with Crippen molar-refractivity contribution in [3.8, 4) is 5.75 Å². The molecule has 1 saturated carbocycles. The maximum Gasteiger partial charge on any atom is 0.127 e. The SMILES string of the molecule is CNCc1cc(F)cc(OC2CCOC3(CCCC3)C2)c1. The molecule has 0 aromatic heterocycles. The first-order chi connectivity index (χ1) is 10.2. The van der Waals surface area contributed by atoms with Crippen molar-refractivity contribution in [3.63, 3.8) is 0 Å². The average molecular weight is 293 g/mol. The first-order valence-electron chi connectivity index (χ1n) is 7.94. The highest BCUT2D eigenvalue weighted by molar-refractivity contribution is 5.30. The average Bonchev–Trinajstić information content (AvgIpc) is 2.86. The predicted octanol–water partition coefficient (Wildman–Crippen LogP) is 3.42. The Labute approximate surface area is 125 Å². The summed E-state index contributed by atoms with van der Waals surface area (Å²) in [7, 11) is 1.85. The number of rotatable bonds is 4. The lowest BCUT2D eigenvalue weighted by atomic mass is 9.90. The van der Waals surface area contributed by atoms with Crippen LogP contribution in [0.15, 0.2) is 18.2 Å². The summed E-state index contributed by atoms with van der Waals surface area (Å²) in [4.78, 5) is 0. The van der Waals surface area contributed by atoms with E-state index in [1.165, 1.54) is 18.9 Å². The quantitative estimate of drug-likeness (QED) is 0.922. The molecule has 3 nitrogen and oxygen atoms in total. The van der Waals surface area contributed by atoms with E-state index >= 15 is 0 Å². The third kappa shape index (κ3) is 3.55. The summed E-state index contributed by atoms with van der Waals surface area (Å²) in [5.41, 5.74) is 0.944. The molecule has 2 aliphatic rings. The van der Waals surface area contributed by atoms with Gasteiger partial charge in [0, 0.05) is 25.5 Å². The third-order valence-electron chi connectivity index (χ3n) is 4.58. The lowest BCUT2D eigenvalue weighted by molar-refractivity contribution is -0.108. The Kier molecular flexibility index (Phi) is 4.45. The van der Waals surface area contributed by atoms with Gasteiger partial charge in [0.1, 0.15) is 17.7 Å². The van der Waals surface area contributed by atoms with Crippen LogP contribution < -0.4 is 10.1 Å². The van der Waals surface area contributed by atoms with Gasteiger partial charge >= 0.3 is 0 Å². The largest absolute Gasteiger partial charge is 0.490 e. The lowest BCUT2D eigenvalue weighted by Crippen LogP contribution is -2.41. The van der Waals surface area contributed by atoms with E-state index in [0.29, 0.717) is 12.3 Å². The second kappa shape index (κ2) is 6.32. The van der Waals surface area contributed by atoms with Crippen LogP contribution in [-0.2, 0) is 11.3 Å². The molecule has 1 aliphatic carbocycles. The van der Waals surface area contributed by atoms with Crippen molar-refractivity contribution in [1.29, 1.82) is 0 Å². The van der Waals surface area contributed by atoms with Gasteiger partial charge in [-0.15, -0.1) is 0 Å². The van der Waals surface area contributed by atoms with E-state index in [-0.39, 0.29) is 17.5 Å². The molecular weight excluding hydrogens is 269 g/mol. The van der Waals surface area contributed by atoms with Crippen molar-refractivity contribution in [2.24, 2.45) is 0 Å². The molecule has 0 bridgehead atoms. The van der Waals surface area contributed by atoms with Gasteiger partial charge in [-0.25, -0.2) is 4.39 Å². The minimum absolute atomic E-state index is 0.0318. The van der Waals surface area contributed by atoms with E-state index in [1.54, 1.807) is 6.07 Å². The first-order valence-corrected chi connectivity index (χ1v) is 7.94. The molecule has 1 aliphatic heterocycles. The summed E-state index contributed by atoms with van der Waals surface area (Å²) >= 11 is 0. The van der Waals surface area contributed by atoms with Crippen LogP contribution in [0.4, 0.5) is 4.39 Å². The number of hydrogen-bond donors (Lipinski definition) is 1. The summed E-state index contributed by atoms with van der Waals surface area (Å²) in [6.45, 7) is 1.40. The fraction of sp³-hybridized carbons (Fsp3) is 0.647. The number of halogens is 1. The van der Waals surface area contributed by atoms with Gasteiger partial charge in [-0.2, -0.15) is 0 Å². The fourth-order valence-electron chi connectivity index (χ4n) is 3.64. The number of benzene rings is 1. The van der Waals surface area contributed by atoms with E-state index in [4.69, 9.17) is 9.47 Å². The molecule has 1 heterocycles. The molecule has 2 fully saturated rings. The molecule has 116 valence electrons. The van der Waals surface area contributed by atoms with Crippen molar-refractivity contribution >= 4 is 0 Å². The summed E-state index contributed by atoms with van der Waals surface area (Å²) in [5.74, 6) is 0.403. The molecule has 1 spiro atoms. The molecule has 0 amide bonds. The lowest BCUT2D eigenvalue weighted by Gasteiger charge is -2.38. The summed E-state index contributed by atoms with van der Waals surface area (Å²) in [6, 6.07) is 4.96. The van der Waals surface area contributed by atoms with E-state index < -0.39 is 0 Å². The highest BCUT2D eigenvalue weighted by Crippen LogP contribution is 2.41. The Morgan fingerprint density at radius 1 is 1.33 bits per heavy atom. The molecule has 4 heteroatoms. The monoisotopic (exact) mass is 293 g/mol. The van der Waals surface area contributed by atoms with Crippen LogP contribution in [0.5, 0.6) is 5.75 Å². The van der Waals surface area contributed by atoms with E-state index in [1.807, 2.05) is 13.1 Å². The molecule has 1 saturated heterocycles. The molecule has 3 rings (SSSR count). The van der Waals surface area contributed by atoms with Gasteiger partial charge in [0.05, 0.1) is 12.2 Å². The fourth-order valence-corrected chi connectivity index (χ4v) is 3.64. The van der Waals surface area contributed by atoms with Crippen LogP contribution in [0, 0.1) is 5.82 Å². The number of nitrogens with one attached hydrogen (secondary N) is 1. The van der Waals surface area contributed by atoms with Crippen molar-refractivity contribution < 1.29 is 13.9 Å². The molecule has 0 radical (unpaired) electrons. The maximum atomic E-state index is 13.7. The normalized spacial score (nSPS) is 24.4. The zero-order chi connectivity index (χ0) is 14.7. The van der Waals surface area contributed by atoms with Gasteiger partial charge in [-0.05, 0) is 37.6 Å². The van der Waals surface area contributed by atoms with Gasteiger partial charge in [0.15, 0.2) is 0 Å². The molecule has 1 aromatic carbocycles. The topological polar surface area (TPSA) is 30.5 Å². The molecule has 1 aromatic rings. The summed E-state index contributed by atoms with van der Waals surface area (Å²) in [6.07, 6.45) is 6.74. The molecule has 1 atom stereocenters.